The van der Waals surface area contributed by atoms with Crippen LogP contribution in [0.15, 0.2) is 30.4 Å². The van der Waals surface area contributed by atoms with Gasteiger partial charge in [0.1, 0.15) is 12.4 Å². The van der Waals surface area contributed by atoms with Crippen LogP contribution in [0.5, 0.6) is 5.75 Å². The maximum absolute atomic E-state index is 6.19. The number of ether oxygens (including phenoxy) is 1. The normalized spacial score (nSPS) is 12.2. The van der Waals surface area contributed by atoms with Crippen LogP contribution in [0.2, 0.25) is 5.02 Å². The summed E-state index contributed by atoms with van der Waals surface area (Å²) >= 11 is 6.19. The van der Waals surface area contributed by atoms with Gasteiger partial charge in [0.2, 0.25) is 0 Å². The number of para-hydroxylation sites is 1. The maximum atomic E-state index is 6.19. The van der Waals surface area contributed by atoms with Gasteiger partial charge in [0.25, 0.3) is 0 Å². The molecule has 0 saturated carbocycles. The summed E-state index contributed by atoms with van der Waals surface area (Å²) in [6, 6.07) is 5.93. The number of halogens is 1. The summed E-state index contributed by atoms with van der Waals surface area (Å²) in [6.45, 7) is 8.58. The lowest BCUT2D eigenvalue weighted by Gasteiger charge is -2.16. The summed E-state index contributed by atoms with van der Waals surface area (Å²) in [4.78, 5) is 0. The van der Waals surface area contributed by atoms with Gasteiger partial charge in [-0.05, 0) is 36.5 Å². The van der Waals surface area contributed by atoms with Gasteiger partial charge in [-0.25, -0.2) is 0 Å². The van der Waals surface area contributed by atoms with Crippen LogP contribution < -0.4 is 10.5 Å². The molecule has 1 atom stereocenters. The van der Waals surface area contributed by atoms with E-state index in [1.165, 1.54) is 0 Å². The molecule has 1 rings (SSSR count). The Morgan fingerprint density at radius 1 is 1.44 bits per heavy atom. The molecule has 2 N–H and O–H groups in total. The van der Waals surface area contributed by atoms with Crippen LogP contribution in [-0.2, 0) is 6.42 Å². The Kier molecular flexibility index (Phi) is 6.23. The fourth-order valence-corrected chi connectivity index (χ4v) is 1.83. The Morgan fingerprint density at radius 3 is 2.78 bits per heavy atom. The molecule has 0 aromatic heterocycles. The second kappa shape index (κ2) is 7.45. The van der Waals surface area contributed by atoms with E-state index in [9.17, 15) is 0 Å². The number of hydrogen-bond acceptors (Lipinski definition) is 2. The van der Waals surface area contributed by atoms with Crippen LogP contribution in [0.4, 0.5) is 0 Å². The van der Waals surface area contributed by atoms with E-state index in [2.05, 4.69) is 20.4 Å². The number of benzene rings is 1. The molecule has 2 nitrogen and oxygen atoms in total. The van der Waals surface area contributed by atoms with Gasteiger partial charge in [-0.3, -0.25) is 0 Å². The van der Waals surface area contributed by atoms with Crippen molar-refractivity contribution in [3.63, 3.8) is 0 Å². The molecule has 1 aromatic rings. The van der Waals surface area contributed by atoms with E-state index >= 15 is 0 Å². The quantitative estimate of drug-likeness (QED) is 0.759. The van der Waals surface area contributed by atoms with Gasteiger partial charge < -0.3 is 10.5 Å². The summed E-state index contributed by atoms with van der Waals surface area (Å²) in [5.74, 6) is 0.748. The third-order valence-corrected chi connectivity index (χ3v) is 3.27. The van der Waals surface area contributed by atoms with Gasteiger partial charge in [0, 0.05) is 6.04 Å². The third-order valence-electron chi connectivity index (χ3n) is 2.98. The first-order valence-corrected chi connectivity index (χ1v) is 6.78. The highest BCUT2D eigenvalue weighted by atomic mass is 35.5. The van der Waals surface area contributed by atoms with E-state index in [-0.39, 0.29) is 6.04 Å². The zero-order chi connectivity index (χ0) is 13.5. The van der Waals surface area contributed by atoms with Gasteiger partial charge >= 0.3 is 0 Å². The maximum Gasteiger partial charge on any atom is 0.141 e. The van der Waals surface area contributed by atoms with Crippen molar-refractivity contribution in [1.82, 2.24) is 0 Å². The summed E-state index contributed by atoms with van der Waals surface area (Å²) in [5, 5.41) is 0.639. The molecular formula is C15H22ClNO. The first-order valence-electron chi connectivity index (χ1n) is 6.40. The molecule has 0 aliphatic heterocycles. The molecule has 0 spiro atoms. The van der Waals surface area contributed by atoms with E-state index < -0.39 is 0 Å². The third kappa shape index (κ3) is 4.35. The molecule has 0 fully saturated rings. The monoisotopic (exact) mass is 267 g/mol. The van der Waals surface area contributed by atoms with Crippen molar-refractivity contribution in [2.24, 2.45) is 5.73 Å². The zero-order valence-electron chi connectivity index (χ0n) is 11.2. The first kappa shape index (κ1) is 15.1. The van der Waals surface area contributed by atoms with Gasteiger partial charge in [-0.2, -0.15) is 0 Å². The fraction of sp³-hybridized carbons (Fsp3) is 0.467. The number of nitrogens with two attached hydrogens (primary N) is 1. The first-order chi connectivity index (χ1) is 8.58. The van der Waals surface area contributed by atoms with Crippen molar-refractivity contribution in [2.45, 2.75) is 39.2 Å². The number of hydrogen-bond donors (Lipinski definition) is 1. The van der Waals surface area contributed by atoms with Gasteiger partial charge in [0.15, 0.2) is 0 Å². The van der Waals surface area contributed by atoms with Crippen LogP contribution in [-0.4, -0.2) is 12.6 Å². The second-order valence-electron chi connectivity index (χ2n) is 4.49. The summed E-state index contributed by atoms with van der Waals surface area (Å²) in [5.41, 5.74) is 8.12. The molecule has 3 heteroatoms. The Morgan fingerprint density at radius 2 is 2.17 bits per heavy atom. The molecule has 0 radical (unpaired) electrons. The highest BCUT2D eigenvalue weighted by molar-refractivity contribution is 6.32. The van der Waals surface area contributed by atoms with Crippen LogP contribution in [0, 0.1) is 0 Å². The smallest absolute Gasteiger partial charge is 0.141 e. The topological polar surface area (TPSA) is 35.2 Å². The molecule has 0 amide bonds. The summed E-state index contributed by atoms with van der Waals surface area (Å²) in [6.07, 6.45) is 2.63. The van der Waals surface area contributed by atoms with Crippen molar-refractivity contribution in [3.05, 3.63) is 40.9 Å². The highest BCUT2D eigenvalue weighted by Gasteiger charge is 2.11. The molecule has 0 aliphatic carbocycles. The standard InChI is InChI=1S/C15H22ClNO/c1-4-11(3)10-18-15-12(9-13(17)5-2)7-6-8-14(15)16/h6-8,13H,3-5,9-10,17H2,1-2H3. The predicted molar refractivity (Wildman–Crippen MR) is 78.3 cm³/mol. The largest absolute Gasteiger partial charge is 0.487 e. The van der Waals surface area contributed by atoms with E-state index in [4.69, 9.17) is 22.1 Å². The molecule has 0 heterocycles. The minimum absolute atomic E-state index is 0.139. The van der Waals surface area contributed by atoms with Crippen molar-refractivity contribution < 1.29 is 4.74 Å². The molecule has 0 saturated heterocycles. The molecule has 18 heavy (non-hydrogen) atoms. The molecule has 100 valence electrons. The Balaban J connectivity index is 2.83. The minimum atomic E-state index is 0.139. The van der Waals surface area contributed by atoms with Crippen LogP contribution >= 0.6 is 11.6 Å². The van der Waals surface area contributed by atoms with E-state index in [1.54, 1.807) is 0 Å². The Labute approximate surface area is 115 Å². The van der Waals surface area contributed by atoms with E-state index in [1.807, 2.05) is 18.2 Å². The number of rotatable bonds is 7. The SMILES string of the molecule is C=C(CC)COc1c(Cl)cccc1CC(N)CC. The highest BCUT2D eigenvalue weighted by Crippen LogP contribution is 2.30. The Hall–Kier alpha value is -0.990. The zero-order valence-corrected chi connectivity index (χ0v) is 12.0. The van der Waals surface area contributed by atoms with Gasteiger partial charge in [-0.15, -0.1) is 0 Å². The average molecular weight is 268 g/mol. The van der Waals surface area contributed by atoms with Crippen molar-refractivity contribution in [1.29, 1.82) is 0 Å². The summed E-state index contributed by atoms with van der Waals surface area (Å²) in [7, 11) is 0. The average Bonchev–Trinajstić information content (AvgIpc) is 2.37. The predicted octanol–water partition coefficient (Wildman–Crippen LogP) is 3.96. The van der Waals surface area contributed by atoms with Crippen molar-refractivity contribution in [2.75, 3.05) is 6.61 Å². The molecule has 0 aliphatic rings. The van der Waals surface area contributed by atoms with Crippen LogP contribution in [0.3, 0.4) is 0 Å². The Bertz CT molecular complexity index is 403. The lowest BCUT2D eigenvalue weighted by atomic mass is 10.0. The molecular weight excluding hydrogens is 246 g/mol. The summed E-state index contributed by atoms with van der Waals surface area (Å²) < 4.78 is 5.78. The minimum Gasteiger partial charge on any atom is -0.487 e. The molecule has 0 bridgehead atoms. The van der Waals surface area contributed by atoms with E-state index in [0.717, 1.165) is 36.1 Å². The van der Waals surface area contributed by atoms with Crippen LogP contribution in [0.1, 0.15) is 32.3 Å². The lowest BCUT2D eigenvalue weighted by Crippen LogP contribution is -2.21. The molecule has 1 aromatic carbocycles. The molecule has 1 unspecified atom stereocenters. The van der Waals surface area contributed by atoms with Crippen molar-refractivity contribution in [3.8, 4) is 5.75 Å². The van der Waals surface area contributed by atoms with E-state index in [0.29, 0.717) is 11.6 Å². The van der Waals surface area contributed by atoms with Crippen LogP contribution in [0.25, 0.3) is 0 Å². The lowest BCUT2D eigenvalue weighted by molar-refractivity contribution is 0.344. The van der Waals surface area contributed by atoms with Gasteiger partial charge in [0.05, 0.1) is 5.02 Å². The second-order valence-corrected chi connectivity index (χ2v) is 4.90. The van der Waals surface area contributed by atoms with Gasteiger partial charge in [-0.1, -0.05) is 44.2 Å². The fourth-order valence-electron chi connectivity index (χ4n) is 1.58. The van der Waals surface area contributed by atoms with Crippen molar-refractivity contribution >= 4 is 11.6 Å².